The topological polar surface area (TPSA) is 45.2 Å². The fourth-order valence-corrected chi connectivity index (χ4v) is 4.58. The van der Waals surface area contributed by atoms with E-state index in [0.717, 1.165) is 31.0 Å². The maximum atomic E-state index is 11.9. The molecule has 1 amide bonds. The number of pyridine rings is 1. The molecule has 0 atom stereocenters. The minimum atomic E-state index is -0.0319. The first-order valence-corrected chi connectivity index (χ1v) is 11.8. The molecule has 32 heavy (non-hydrogen) atoms. The predicted molar refractivity (Wildman–Crippen MR) is 132 cm³/mol. The summed E-state index contributed by atoms with van der Waals surface area (Å²) in [4.78, 5) is 18.6. The molecule has 4 rings (SSSR count). The molecular formula is C28H33N3O. The van der Waals surface area contributed by atoms with Crippen LogP contribution < -0.4 is 5.32 Å². The standard InChI is InChI=1S/C28H33N3O/c32-28(14-13-24-8-6-17-29-21-24)30-18-4-3-7-23-15-19-31(20-16-23)22-26-11-5-10-25-9-1-2-12-27(25)26/h1-2,5-6,8-14,17,21,23H,3-4,7,15-16,18-20,22H2,(H,30,32)/b14-13-. The Hall–Kier alpha value is -2.98. The molecule has 1 aliphatic rings. The van der Waals surface area contributed by atoms with E-state index in [-0.39, 0.29) is 5.91 Å². The summed E-state index contributed by atoms with van der Waals surface area (Å²) in [7, 11) is 0. The van der Waals surface area contributed by atoms with Crippen molar-refractivity contribution in [2.75, 3.05) is 19.6 Å². The highest BCUT2D eigenvalue weighted by molar-refractivity contribution is 5.91. The minimum Gasteiger partial charge on any atom is -0.353 e. The van der Waals surface area contributed by atoms with Gasteiger partial charge in [0.25, 0.3) is 0 Å². The number of nitrogens with one attached hydrogen (secondary N) is 1. The fraction of sp³-hybridized carbons (Fsp3) is 0.357. The van der Waals surface area contributed by atoms with Crippen LogP contribution in [0.25, 0.3) is 16.8 Å². The Morgan fingerprint density at radius 3 is 2.72 bits per heavy atom. The number of rotatable bonds is 9. The molecule has 1 aromatic heterocycles. The number of aromatic nitrogens is 1. The summed E-state index contributed by atoms with van der Waals surface area (Å²) in [6.45, 7) is 4.16. The zero-order valence-corrected chi connectivity index (χ0v) is 18.7. The molecule has 2 aromatic carbocycles. The molecule has 0 bridgehead atoms. The second-order valence-electron chi connectivity index (χ2n) is 8.76. The quantitative estimate of drug-likeness (QED) is 0.365. The monoisotopic (exact) mass is 427 g/mol. The summed E-state index contributed by atoms with van der Waals surface area (Å²) in [5, 5.41) is 5.70. The highest BCUT2D eigenvalue weighted by atomic mass is 16.1. The van der Waals surface area contributed by atoms with E-state index in [0.29, 0.717) is 0 Å². The number of nitrogens with zero attached hydrogens (tertiary/aromatic N) is 2. The number of fused-ring (bicyclic) bond motifs is 1. The van der Waals surface area contributed by atoms with E-state index in [2.05, 4.69) is 57.7 Å². The molecule has 0 aliphatic carbocycles. The van der Waals surface area contributed by atoms with Gasteiger partial charge >= 0.3 is 0 Å². The van der Waals surface area contributed by atoms with Crippen LogP contribution in [0.1, 0.15) is 43.2 Å². The van der Waals surface area contributed by atoms with Gasteiger partial charge in [0.15, 0.2) is 0 Å². The van der Waals surface area contributed by atoms with Crippen molar-refractivity contribution >= 4 is 22.8 Å². The van der Waals surface area contributed by atoms with Crippen LogP contribution in [0.5, 0.6) is 0 Å². The molecule has 1 fully saturated rings. The van der Waals surface area contributed by atoms with Crippen LogP contribution >= 0.6 is 0 Å². The average molecular weight is 428 g/mol. The second kappa shape index (κ2) is 11.6. The Morgan fingerprint density at radius 1 is 1.03 bits per heavy atom. The third kappa shape index (κ3) is 6.51. The molecule has 166 valence electrons. The van der Waals surface area contributed by atoms with Crippen LogP contribution in [0.4, 0.5) is 0 Å². The molecule has 4 nitrogen and oxygen atoms in total. The van der Waals surface area contributed by atoms with Crippen molar-refractivity contribution in [3.63, 3.8) is 0 Å². The lowest BCUT2D eigenvalue weighted by Gasteiger charge is -2.32. The SMILES string of the molecule is O=C(/C=C\c1cccnc1)NCCCCC1CCN(Cc2cccc3ccccc23)CC1. The molecule has 0 unspecified atom stereocenters. The molecule has 0 spiro atoms. The molecule has 0 saturated carbocycles. The smallest absolute Gasteiger partial charge is 0.243 e. The van der Waals surface area contributed by atoms with Crippen molar-refractivity contribution < 1.29 is 4.79 Å². The van der Waals surface area contributed by atoms with Gasteiger partial charge in [-0.1, -0.05) is 61.4 Å². The van der Waals surface area contributed by atoms with Crippen molar-refractivity contribution in [1.29, 1.82) is 0 Å². The van der Waals surface area contributed by atoms with E-state index in [1.54, 1.807) is 24.5 Å². The van der Waals surface area contributed by atoms with Crippen molar-refractivity contribution in [3.8, 4) is 0 Å². The van der Waals surface area contributed by atoms with Gasteiger partial charge < -0.3 is 5.32 Å². The molecule has 1 aliphatic heterocycles. The van der Waals surface area contributed by atoms with Crippen LogP contribution in [0.2, 0.25) is 0 Å². The molecular weight excluding hydrogens is 394 g/mol. The number of amides is 1. The Kier molecular flexibility index (Phi) is 8.05. The van der Waals surface area contributed by atoms with Crippen molar-refractivity contribution in [2.45, 2.75) is 38.6 Å². The van der Waals surface area contributed by atoms with E-state index in [1.807, 2.05) is 12.1 Å². The largest absolute Gasteiger partial charge is 0.353 e. The van der Waals surface area contributed by atoms with E-state index in [4.69, 9.17) is 0 Å². The maximum absolute atomic E-state index is 11.9. The van der Waals surface area contributed by atoms with Crippen LogP contribution in [-0.4, -0.2) is 35.4 Å². The van der Waals surface area contributed by atoms with E-state index in [1.165, 1.54) is 55.1 Å². The Bertz CT molecular complexity index is 1020. The third-order valence-corrected chi connectivity index (χ3v) is 6.43. The second-order valence-corrected chi connectivity index (χ2v) is 8.76. The first-order chi connectivity index (χ1) is 15.8. The Morgan fingerprint density at radius 2 is 1.88 bits per heavy atom. The molecule has 4 heteroatoms. The van der Waals surface area contributed by atoms with Gasteiger partial charge in [0.1, 0.15) is 0 Å². The van der Waals surface area contributed by atoms with Gasteiger partial charge in [-0.15, -0.1) is 0 Å². The van der Waals surface area contributed by atoms with Gasteiger partial charge in [-0.3, -0.25) is 14.7 Å². The zero-order chi connectivity index (χ0) is 22.0. The van der Waals surface area contributed by atoms with Crippen LogP contribution in [0, 0.1) is 5.92 Å². The summed E-state index contributed by atoms with van der Waals surface area (Å²) >= 11 is 0. The van der Waals surface area contributed by atoms with Crippen LogP contribution in [-0.2, 0) is 11.3 Å². The maximum Gasteiger partial charge on any atom is 0.243 e. The lowest BCUT2D eigenvalue weighted by atomic mass is 9.91. The number of hydrogen-bond donors (Lipinski definition) is 1. The number of hydrogen-bond acceptors (Lipinski definition) is 3. The summed E-state index contributed by atoms with van der Waals surface area (Å²) in [5.74, 6) is 0.788. The first-order valence-electron chi connectivity index (χ1n) is 11.8. The number of unbranched alkanes of at least 4 members (excludes halogenated alkanes) is 1. The van der Waals surface area contributed by atoms with Gasteiger partial charge in [-0.2, -0.15) is 0 Å². The number of likely N-dealkylation sites (tertiary alicyclic amines) is 1. The van der Waals surface area contributed by atoms with Gasteiger partial charge in [0.05, 0.1) is 0 Å². The first kappa shape index (κ1) is 22.2. The molecule has 1 saturated heterocycles. The normalized spacial score (nSPS) is 15.4. The van der Waals surface area contributed by atoms with Crippen LogP contribution in [0.15, 0.2) is 73.1 Å². The lowest BCUT2D eigenvalue weighted by Crippen LogP contribution is -2.33. The minimum absolute atomic E-state index is 0.0319. The summed E-state index contributed by atoms with van der Waals surface area (Å²) in [6, 6.07) is 19.1. The molecule has 3 aromatic rings. The van der Waals surface area contributed by atoms with Crippen LogP contribution in [0.3, 0.4) is 0 Å². The number of benzene rings is 2. The van der Waals surface area contributed by atoms with Crippen molar-refractivity contribution in [1.82, 2.24) is 15.2 Å². The average Bonchev–Trinajstić information content (AvgIpc) is 2.84. The Labute approximate surface area is 191 Å². The van der Waals surface area contributed by atoms with E-state index >= 15 is 0 Å². The number of piperidine rings is 1. The molecule has 2 heterocycles. The summed E-state index contributed by atoms with van der Waals surface area (Å²) in [5.41, 5.74) is 2.38. The predicted octanol–water partition coefficient (Wildman–Crippen LogP) is 5.45. The lowest BCUT2D eigenvalue weighted by molar-refractivity contribution is -0.116. The van der Waals surface area contributed by atoms with Crippen molar-refractivity contribution in [3.05, 3.63) is 84.2 Å². The van der Waals surface area contributed by atoms with E-state index in [9.17, 15) is 4.79 Å². The van der Waals surface area contributed by atoms with Gasteiger partial charge in [0, 0.05) is 31.6 Å². The van der Waals surface area contributed by atoms with Gasteiger partial charge in [-0.25, -0.2) is 0 Å². The van der Waals surface area contributed by atoms with Crippen molar-refractivity contribution in [2.24, 2.45) is 5.92 Å². The van der Waals surface area contributed by atoms with E-state index < -0.39 is 0 Å². The Balaban J connectivity index is 1.11. The van der Waals surface area contributed by atoms with Gasteiger partial charge in [0.2, 0.25) is 5.91 Å². The summed E-state index contributed by atoms with van der Waals surface area (Å²) < 4.78 is 0. The highest BCUT2D eigenvalue weighted by Gasteiger charge is 2.19. The molecule has 0 radical (unpaired) electrons. The number of carbonyl (C=O) groups is 1. The zero-order valence-electron chi connectivity index (χ0n) is 18.7. The third-order valence-electron chi connectivity index (χ3n) is 6.43. The summed E-state index contributed by atoms with van der Waals surface area (Å²) in [6.07, 6.45) is 12.9. The number of carbonyl (C=O) groups excluding carboxylic acids is 1. The fourth-order valence-electron chi connectivity index (χ4n) is 4.58. The molecule has 1 N–H and O–H groups in total. The van der Waals surface area contributed by atoms with Gasteiger partial charge in [-0.05, 0) is 72.3 Å². The highest BCUT2D eigenvalue weighted by Crippen LogP contribution is 2.25.